The monoisotopic (exact) mass is 295 g/mol. The zero-order valence-electron chi connectivity index (χ0n) is 13.0. The Hall–Kier alpha value is -1.79. The Kier molecular flexibility index (Phi) is 7.56. The summed E-state index contributed by atoms with van der Waals surface area (Å²) in [5.41, 5.74) is 6.76. The van der Waals surface area contributed by atoms with Gasteiger partial charge in [0.25, 0.3) is 5.91 Å². The van der Waals surface area contributed by atoms with E-state index in [-0.39, 0.29) is 5.91 Å². The number of hydrogen-bond donors (Lipinski definition) is 2. The van der Waals surface area contributed by atoms with Gasteiger partial charge in [-0.25, -0.2) is 0 Å². The number of carbonyl (C=O) groups is 1. The Labute approximate surface area is 126 Å². The Morgan fingerprint density at radius 2 is 2.05 bits per heavy atom. The summed E-state index contributed by atoms with van der Waals surface area (Å²) in [6, 6.07) is 5.01. The number of nitrogens with two attached hydrogens (primary N) is 1. The molecule has 1 amide bonds. The van der Waals surface area contributed by atoms with Crippen LogP contribution in [0.3, 0.4) is 0 Å². The summed E-state index contributed by atoms with van der Waals surface area (Å²) in [5, 5.41) is 2.79. The van der Waals surface area contributed by atoms with E-state index in [9.17, 15) is 4.79 Å². The van der Waals surface area contributed by atoms with Gasteiger partial charge in [0.05, 0.1) is 19.8 Å². The molecule has 6 heteroatoms. The maximum atomic E-state index is 12.0. The highest BCUT2D eigenvalue weighted by molar-refractivity contribution is 5.95. The molecule has 0 heterocycles. The third-order valence-electron chi connectivity index (χ3n) is 2.72. The Bertz CT molecular complexity index is 450. The highest BCUT2D eigenvalue weighted by Crippen LogP contribution is 2.18. The van der Waals surface area contributed by atoms with E-state index in [4.69, 9.17) is 15.2 Å². The molecule has 1 aromatic carbocycles. The molecule has 0 saturated heterocycles. The fraction of sp³-hybridized carbons (Fsp3) is 0.533. The molecule has 0 bridgehead atoms. The van der Waals surface area contributed by atoms with Gasteiger partial charge in [-0.1, -0.05) is 0 Å². The topological polar surface area (TPSA) is 76.8 Å². The van der Waals surface area contributed by atoms with E-state index in [0.29, 0.717) is 43.4 Å². The zero-order chi connectivity index (χ0) is 15.7. The summed E-state index contributed by atoms with van der Waals surface area (Å²) < 4.78 is 10.8. The first-order chi connectivity index (χ1) is 10.0. The molecule has 0 aromatic heterocycles. The summed E-state index contributed by atoms with van der Waals surface area (Å²) >= 11 is 0. The van der Waals surface area contributed by atoms with Crippen LogP contribution in [0.25, 0.3) is 0 Å². The molecule has 0 radical (unpaired) electrons. The number of amides is 1. The van der Waals surface area contributed by atoms with Gasteiger partial charge in [0.2, 0.25) is 0 Å². The minimum atomic E-state index is -0.181. The van der Waals surface area contributed by atoms with Gasteiger partial charge in [0.15, 0.2) is 0 Å². The summed E-state index contributed by atoms with van der Waals surface area (Å²) in [5.74, 6) is 0.421. The van der Waals surface area contributed by atoms with Crippen LogP contribution < -0.4 is 15.8 Å². The standard InChI is InChI=1S/C15H25N3O3/c1-4-21-14-10-12(9-13(16)11-14)15(19)17-5-7-20-8-6-18(2)3/h9-11H,4-8,16H2,1-3H3,(H,17,19). The van der Waals surface area contributed by atoms with Crippen LogP contribution in [0.1, 0.15) is 17.3 Å². The van der Waals surface area contributed by atoms with Crippen LogP contribution >= 0.6 is 0 Å². The second kappa shape index (κ2) is 9.20. The molecule has 0 aliphatic rings. The summed E-state index contributed by atoms with van der Waals surface area (Å²) in [4.78, 5) is 14.1. The lowest BCUT2D eigenvalue weighted by Crippen LogP contribution is -2.28. The molecule has 21 heavy (non-hydrogen) atoms. The van der Waals surface area contributed by atoms with Crippen molar-refractivity contribution in [3.05, 3.63) is 23.8 Å². The van der Waals surface area contributed by atoms with E-state index in [2.05, 4.69) is 5.32 Å². The third-order valence-corrected chi connectivity index (χ3v) is 2.72. The lowest BCUT2D eigenvalue weighted by Gasteiger charge is -2.11. The van der Waals surface area contributed by atoms with Gasteiger partial charge in [-0.3, -0.25) is 4.79 Å². The van der Waals surface area contributed by atoms with E-state index in [1.165, 1.54) is 0 Å². The van der Waals surface area contributed by atoms with E-state index < -0.39 is 0 Å². The summed E-state index contributed by atoms with van der Waals surface area (Å²) in [7, 11) is 3.97. The number of ether oxygens (including phenoxy) is 2. The summed E-state index contributed by atoms with van der Waals surface area (Å²) in [6.07, 6.45) is 0. The van der Waals surface area contributed by atoms with Crippen LogP contribution in [0.15, 0.2) is 18.2 Å². The zero-order valence-corrected chi connectivity index (χ0v) is 13.0. The van der Waals surface area contributed by atoms with Crippen molar-refractivity contribution >= 4 is 11.6 Å². The molecule has 0 spiro atoms. The molecule has 0 aliphatic heterocycles. The number of likely N-dealkylation sites (N-methyl/N-ethyl adjacent to an activating group) is 1. The van der Waals surface area contributed by atoms with E-state index in [0.717, 1.165) is 6.54 Å². The molecule has 6 nitrogen and oxygen atoms in total. The van der Waals surface area contributed by atoms with Crippen molar-refractivity contribution in [1.29, 1.82) is 0 Å². The average molecular weight is 295 g/mol. The predicted octanol–water partition coefficient (Wildman–Crippen LogP) is 0.976. The van der Waals surface area contributed by atoms with Gasteiger partial charge in [0, 0.05) is 30.4 Å². The van der Waals surface area contributed by atoms with Gasteiger partial charge in [0.1, 0.15) is 5.75 Å². The number of hydrogen-bond acceptors (Lipinski definition) is 5. The van der Waals surface area contributed by atoms with Crippen molar-refractivity contribution in [3.8, 4) is 5.75 Å². The quantitative estimate of drug-likeness (QED) is 0.524. The van der Waals surface area contributed by atoms with E-state index in [1.807, 2.05) is 25.9 Å². The fourth-order valence-electron chi connectivity index (χ4n) is 1.69. The number of anilines is 1. The lowest BCUT2D eigenvalue weighted by atomic mass is 10.1. The molecule has 3 N–H and O–H groups in total. The first kappa shape index (κ1) is 17.3. The molecule has 1 aromatic rings. The van der Waals surface area contributed by atoms with Crippen molar-refractivity contribution in [2.45, 2.75) is 6.92 Å². The molecule has 1 rings (SSSR count). The second-order valence-electron chi connectivity index (χ2n) is 4.90. The van der Waals surface area contributed by atoms with Crippen molar-refractivity contribution in [2.75, 3.05) is 52.7 Å². The molecule has 0 atom stereocenters. The Morgan fingerprint density at radius 3 is 2.71 bits per heavy atom. The van der Waals surface area contributed by atoms with Gasteiger partial charge < -0.3 is 25.4 Å². The van der Waals surface area contributed by atoms with Crippen LogP contribution in [0.4, 0.5) is 5.69 Å². The van der Waals surface area contributed by atoms with Crippen molar-refractivity contribution in [1.82, 2.24) is 10.2 Å². The average Bonchev–Trinajstić information content (AvgIpc) is 2.41. The fourth-order valence-corrected chi connectivity index (χ4v) is 1.69. The molecule has 0 fully saturated rings. The molecule has 0 aliphatic carbocycles. The number of benzene rings is 1. The Morgan fingerprint density at radius 1 is 1.29 bits per heavy atom. The van der Waals surface area contributed by atoms with Crippen LogP contribution in [0, 0.1) is 0 Å². The molecule has 0 unspecified atom stereocenters. The third kappa shape index (κ3) is 6.97. The maximum Gasteiger partial charge on any atom is 0.251 e. The van der Waals surface area contributed by atoms with Crippen molar-refractivity contribution in [3.63, 3.8) is 0 Å². The first-order valence-electron chi connectivity index (χ1n) is 7.07. The number of nitrogens with one attached hydrogen (secondary N) is 1. The van der Waals surface area contributed by atoms with E-state index in [1.54, 1.807) is 18.2 Å². The minimum Gasteiger partial charge on any atom is -0.494 e. The van der Waals surface area contributed by atoms with Gasteiger partial charge in [-0.2, -0.15) is 0 Å². The molecular weight excluding hydrogens is 270 g/mol. The second-order valence-corrected chi connectivity index (χ2v) is 4.90. The normalized spacial score (nSPS) is 10.7. The van der Waals surface area contributed by atoms with Crippen LogP contribution in [-0.4, -0.2) is 57.8 Å². The largest absolute Gasteiger partial charge is 0.494 e. The number of carbonyl (C=O) groups excluding carboxylic acids is 1. The van der Waals surface area contributed by atoms with Gasteiger partial charge in [-0.15, -0.1) is 0 Å². The van der Waals surface area contributed by atoms with Gasteiger partial charge >= 0.3 is 0 Å². The van der Waals surface area contributed by atoms with Crippen molar-refractivity contribution < 1.29 is 14.3 Å². The first-order valence-corrected chi connectivity index (χ1v) is 7.07. The Balaban J connectivity index is 2.38. The van der Waals surface area contributed by atoms with E-state index >= 15 is 0 Å². The smallest absolute Gasteiger partial charge is 0.251 e. The highest BCUT2D eigenvalue weighted by Gasteiger charge is 2.08. The number of rotatable bonds is 9. The lowest BCUT2D eigenvalue weighted by molar-refractivity contribution is 0.0900. The number of nitrogen functional groups attached to an aromatic ring is 1. The highest BCUT2D eigenvalue weighted by atomic mass is 16.5. The van der Waals surface area contributed by atoms with Crippen molar-refractivity contribution in [2.24, 2.45) is 0 Å². The predicted molar refractivity (Wildman–Crippen MR) is 83.7 cm³/mol. The molecule has 118 valence electrons. The SMILES string of the molecule is CCOc1cc(N)cc(C(=O)NCCOCCN(C)C)c1. The van der Waals surface area contributed by atoms with Crippen LogP contribution in [-0.2, 0) is 4.74 Å². The summed E-state index contributed by atoms with van der Waals surface area (Å²) in [6.45, 7) is 4.87. The number of nitrogens with zero attached hydrogens (tertiary/aromatic N) is 1. The molecular formula is C15H25N3O3. The van der Waals surface area contributed by atoms with Crippen LogP contribution in [0.5, 0.6) is 5.75 Å². The minimum absolute atomic E-state index is 0.181. The maximum absolute atomic E-state index is 12.0. The molecule has 0 saturated carbocycles. The van der Waals surface area contributed by atoms with Crippen LogP contribution in [0.2, 0.25) is 0 Å². The van der Waals surface area contributed by atoms with Gasteiger partial charge in [-0.05, 0) is 33.2 Å².